The number of ether oxygens (including phenoxy) is 1. The first-order valence-electron chi connectivity index (χ1n) is 4.20. The lowest BCUT2D eigenvalue weighted by Gasteiger charge is -2.03. The average molecular weight is 175 g/mol. The quantitative estimate of drug-likeness (QED) is 0.532. The Hall–Kier alpha value is -0.610. The number of nitrogens with one attached hydrogen (secondary N) is 1. The van der Waals surface area contributed by atoms with Gasteiger partial charge in [0.2, 0.25) is 5.91 Å². The average Bonchev–Trinajstić information content (AvgIpc) is 2.02. The molecule has 4 heteroatoms. The highest BCUT2D eigenvalue weighted by Gasteiger charge is 1.90. The van der Waals surface area contributed by atoms with Crippen LogP contribution < -0.4 is 5.32 Å². The van der Waals surface area contributed by atoms with Crippen LogP contribution in [0.2, 0.25) is 0 Å². The van der Waals surface area contributed by atoms with Crippen molar-refractivity contribution < 1.29 is 14.6 Å². The lowest BCUT2D eigenvalue weighted by molar-refractivity contribution is -0.119. The predicted molar refractivity (Wildman–Crippen MR) is 45.8 cm³/mol. The van der Waals surface area contributed by atoms with E-state index in [1.165, 1.54) is 6.92 Å². The first kappa shape index (κ1) is 11.4. The molecule has 0 rings (SSSR count). The Kier molecular flexibility index (Phi) is 8.05. The molecule has 0 aliphatic carbocycles. The van der Waals surface area contributed by atoms with Crippen LogP contribution in [-0.2, 0) is 9.53 Å². The van der Waals surface area contributed by atoms with Gasteiger partial charge in [0.05, 0.1) is 0 Å². The number of aliphatic hydroxyl groups excluding tert-OH is 1. The van der Waals surface area contributed by atoms with E-state index in [-0.39, 0.29) is 12.5 Å². The summed E-state index contributed by atoms with van der Waals surface area (Å²) in [7, 11) is 0. The van der Waals surface area contributed by atoms with E-state index in [0.29, 0.717) is 26.2 Å². The van der Waals surface area contributed by atoms with Crippen LogP contribution in [0.15, 0.2) is 0 Å². The largest absolute Gasteiger partial charge is 0.396 e. The van der Waals surface area contributed by atoms with E-state index in [0.717, 1.165) is 6.42 Å². The van der Waals surface area contributed by atoms with Gasteiger partial charge in [-0.1, -0.05) is 0 Å². The highest BCUT2D eigenvalue weighted by Crippen LogP contribution is 1.84. The zero-order chi connectivity index (χ0) is 9.23. The zero-order valence-corrected chi connectivity index (χ0v) is 7.51. The maximum Gasteiger partial charge on any atom is 0.216 e. The second-order valence-corrected chi connectivity index (χ2v) is 2.53. The smallest absolute Gasteiger partial charge is 0.216 e. The van der Waals surface area contributed by atoms with Crippen LogP contribution in [0, 0.1) is 0 Å². The van der Waals surface area contributed by atoms with E-state index < -0.39 is 0 Å². The summed E-state index contributed by atoms with van der Waals surface area (Å²) in [6.07, 6.45) is 1.51. The second-order valence-electron chi connectivity index (χ2n) is 2.53. The molecule has 0 aliphatic heterocycles. The summed E-state index contributed by atoms with van der Waals surface area (Å²) in [6, 6.07) is 0. The van der Waals surface area contributed by atoms with Crippen LogP contribution in [0.25, 0.3) is 0 Å². The van der Waals surface area contributed by atoms with Crippen molar-refractivity contribution in [3.8, 4) is 0 Å². The number of hydrogen-bond acceptors (Lipinski definition) is 3. The van der Waals surface area contributed by atoms with Gasteiger partial charge in [-0.3, -0.25) is 4.79 Å². The van der Waals surface area contributed by atoms with Gasteiger partial charge < -0.3 is 15.2 Å². The Balaban J connectivity index is 2.86. The molecule has 0 saturated carbocycles. The molecule has 0 unspecified atom stereocenters. The summed E-state index contributed by atoms with van der Waals surface area (Å²) in [5.74, 6) is -0.00893. The summed E-state index contributed by atoms with van der Waals surface area (Å²) in [5.41, 5.74) is 0. The summed E-state index contributed by atoms with van der Waals surface area (Å²) in [6.45, 7) is 3.56. The Morgan fingerprint density at radius 2 is 2.08 bits per heavy atom. The first-order chi connectivity index (χ1) is 5.77. The van der Waals surface area contributed by atoms with Gasteiger partial charge in [-0.05, 0) is 12.8 Å². The molecule has 1 amide bonds. The van der Waals surface area contributed by atoms with E-state index in [1.807, 2.05) is 0 Å². The Labute approximate surface area is 72.9 Å². The van der Waals surface area contributed by atoms with Crippen LogP contribution in [-0.4, -0.2) is 37.4 Å². The van der Waals surface area contributed by atoms with Crippen LogP contribution in [0.4, 0.5) is 0 Å². The third-order valence-electron chi connectivity index (χ3n) is 1.29. The van der Waals surface area contributed by atoms with E-state index in [4.69, 9.17) is 9.84 Å². The molecule has 12 heavy (non-hydrogen) atoms. The molecule has 0 radical (unpaired) electrons. The van der Waals surface area contributed by atoms with Crippen molar-refractivity contribution in [2.45, 2.75) is 19.8 Å². The molecule has 0 fully saturated rings. The summed E-state index contributed by atoms with van der Waals surface area (Å²) < 4.78 is 5.14. The van der Waals surface area contributed by atoms with Crippen molar-refractivity contribution in [2.75, 3.05) is 26.4 Å². The van der Waals surface area contributed by atoms with Gasteiger partial charge in [0.25, 0.3) is 0 Å². The minimum atomic E-state index is -0.00893. The van der Waals surface area contributed by atoms with Gasteiger partial charge >= 0.3 is 0 Å². The van der Waals surface area contributed by atoms with Crippen molar-refractivity contribution >= 4 is 5.91 Å². The number of hydrogen-bond donors (Lipinski definition) is 2. The zero-order valence-electron chi connectivity index (χ0n) is 7.51. The van der Waals surface area contributed by atoms with E-state index in [9.17, 15) is 4.79 Å². The molecule has 0 aromatic rings. The molecule has 72 valence electrons. The van der Waals surface area contributed by atoms with Crippen LogP contribution in [0.3, 0.4) is 0 Å². The Bertz CT molecular complexity index is 117. The fraction of sp³-hybridized carbons (Fsp3) is 0.875. The van der Waals surface area contributed by atoms with Gasteiger partial charge in [0.15, 0.2) is 0 Å². The molecule has 0 saturated heterocycles. The SMILES string of the molecule is CC(=O)NCCCOCCCO. The fourth-order valence-electron chi connectivity index (χ4n) is 0.707. The van der Waals surface area contributed by atoms with E-state index in [1.54, 1.807) is 0 Å². The highest BCUT2D eigenvalue weighted by molar-refractivity contribution is 5.72. The normalized spacial score (nSPS) is 9.83. The van der Waals surface area contributed by atoms with Crippen LogP contribution in [0.1, 0.15) is 19.8 Å². The summed E-state index contributed by atoms with van der Waals surface area (Å²) >= 11 is 0. The highest BCUT2D eigenvalue weighted by atomic mass is 16.5. The third-order valence-corrected chi connectivity index (χ3v) is 1.29. The first-order valence-corrected chi connectivity index (χ1v) is 4.20. The lowest BCUT2D eigenvalue weighted by atomic mass is 10.4. The molecule has 2 N–H and O–H groups in total. The van der Waals surface area contributed by atoms with Gasteiger partial charge in [-0.25, -0.2) is 0 Å². The standard InChI is InChI=1S/C8H17NO3/c1-8(11)9-4-2-6-12-7-3-5-10/h10H,2-7H2,1H3,(H,9,11). The molecule has 0 spiro atoms. The van der Waals surface area contributed by atoms with Crippen molar-refractivity contribution in [1.29, 1.82) is 0 Å². The maximum absolute atomic E-state index is 10.4. The van der Waals surface area contributed by atoms with Crippen LogP contribution >= 0.6 is 0 Å². The lowest BCUT2D eigenvalue weighted by Crippen LogP contribution is -2.22. The van der Waals surface area contributed by atoms with Crippen LogP contribution in [0.5, 0.6) is 0 Å². The van der Waals surface area contributed by atoms with Crippen molar-refractivity contribution in [3.05, 3.63) is 0 Å². The van der Waals surface area contributed by atoms with Gasteiger partial charge in [-0.2, -0.15) is 0 Å². The number of carbonyl (C=O) groups is 1. The van der Waals surface area contributed by atoms with Crippen molar-refractivity contribution in [1.82, 2.24) is 5.32 Å². The molecule has 0 heterocycles. The van der Waals surface area contributed by atoms with Crippen molar-refractivity contribution in [3.63, 3.8) is 0 Å². The fourth-order valence-corrected chi connectivity index (χ4v) is 0.707. The topological polar surface area (TPSA) is 58.6 Å². The Morgan fingerprint density at radius 3 is 2.67 bits per heavy atom. The Morgan fingerprint density at radius 1 is 1.42 bits per heavy atom. The molecule has 4 nitrogen and oxygen atoms in total. The van der Waals surface area contributed by atoms with Gasteiger partial charge in [0.1, 0.15) is 0 Å². The monoisotopic (exact) mass is 175 g/mol. The van der Waals surface area contributed by atoms with Gasteiger partial charge in [0, 0.05) is 33.3 Å². The molecule has 0 bridgehead atoms. The number of aliphatic hydroxyl groups is 1. The van der Waals surface area contributed by atoms with E-state index >= 15 is 0 Å². The molecule has 0 aliphatic rings. The molecule has 0 atom stereocenters. The third kappa shape index (κ3) is 9.39. The number of amides is 1. The molecular weight excluding hydrogens is 158 g/mol. The number of carbonyl (C=O) groups excluding carboxylic acids is 1. The predicted octanol–water partition coefficient (Wildman–Crippen LogP) is -0.0884. The summed E-state index contributed by atoms with van der Waals surface area (Å²) in [4.78, 5) is 10.4. The molecule has 0 aromatic heterocycles. The maximum atomic E-state index is 10.4. The minimum absolute atomic E-state index is 0.00893. The van der Waals surface area contributed by atoms with Gasteiger partial charge in [-0.15, -0.1) is 0 Å². The minimum Gasteiger partial charge on any atom is -0.396 e. The summed E-state index contributed by atoms with van der Waals surface area (Å²) in [5, 5.41) is 11.1. The number of rotatable bonds is 7. The molecular formula is C8H17NO3. The molecule has 0 aromatic carbocycles. The van der Waals surface area contributed by atoms with Crippen molar-refractivity contribution in [2.24, 2.45) is 0 Å². The second kappa shape index (κ2) is 8.49. The van der Waals surface area contributed by atoms with E-state index in [2.05, 4.69) is 5.32 Å².